The van der Waals surface area contributed by atoms with E-state index in [-0.39, 0.29) is 11.8 Å². The van der Waals surface area contributed by atoms with E-state index in [1.54, 1.807) is 0 Å². The third kappa shape index (κ3) is 4.32. The maximum atomic E-state index is 13.1. The number of carbonyl (C=O) groups is 1. The van der Waals surface area contributed by atoms with Gasteiger partial charge in [0.05, 0.1) is 0 Å². The minimum Gasteiger partial charge on any atom is -0.352 e. The molecule has 1 aliphatic rings. The highest BCUT2D eigenvalue weighted by molar-refractivity contribution is 5.88. The van der Waals surface area contributed by atoms with Crippen molar-refractivity contribution in [1.29, 1.82) is 0 Å². The maximum Gasteiger partial charge on any atom is 0.223 e. The van der Waals surface area contributed by atoms with Gasteiger partial charge >= 0.3 is 0 Å². The van der Waals surface area contributed by atoms with E-state index in [4.69, 9.17) is 0 Å². The summed E-state index contributed by atoms with van der Waals surface area (Å²) in [6.07, 6.45) is 2.66. The van der Waals surface area contributed by atoms with Crippen LogP contribution in [0.3, 0.4) is 0 Å². The molecule has 0 radical (unpaired) electrons. The van der Waals surface area contributed by atoms with Gasteiger partial charge in [0.2, 0.25) is 5.91 Å². The molecule has 1 amide bonds. The van der Waals surface area contributed by atoms with Gasteiger partial charge in [0.15, 0.2) is 0 Å². The molecule has 1 aliphatic carbocycles. The summed E-state index contributed by atoms with van der Waals surface area (Å²) < 4.78 is 2.49. The lowest BCUT2D eigenvalue weighted by Gasteiger charge is -2.24. The first kappa shape index (κ1) is 21.5. The number of aromatic nitrogens is 1. The number of carbonyl (C=O) groups excluding carboxylic acids is 1. The van der Waals surface area contributed by atoms with Gasteiger partial charge < -0.3 is 9.88 Å². The minimum atomic E-state index is 0.0299. The van der Waals surface area contributed by atoms with Crippen molar-refractivity contribution in [3.63, 3.8) is 0 Å². The van der Waals surface area contributed by atoms with E-state index >= 15 is 0 Å². The summed E-state index contributed by atoms with van der Waals surface area (Å²) in [4.78, 5) is 13.1. The highest BCUT2D eigenvalue weighted by Gasteiger charge is 2.29. The molecule has 4 aromatic rings. The predicted octanol–water partition coefficient (Wildman–Crippen LogP) is 6.04. The molecule has 3 aromatic carbocycles. The van der Waals surface area contributed by atoms with E-state index in [9.17, 15) is 4.79 Å². The van der Waals surface area contributed by atoms with Crippen molar-refractivity contribution in [2.24, 2.45) is 5.92 Å². The Labute approximate surface area is 196 Å². The lowest BCUT2D eigenvalue weighted by molar-refractivity contribution is -0.125. The van der Waals surface area contributed by atoms with E-state index in [0.717, 1.165) is 31.4 Å². The number of para-hydroxylation sites is 1. The molecule has 3 heteroatoms. The Morgan fingerprint density at radius 2 is 1.79 bits per heavy atom. The van der Waals surface area contributed by atoms with Crippen LogP contribution in [0.25, 0.3) is 10.9 Å². The SMILES string of the molecule is Cc1cccc(CNC(=O)C2CCc3c(c4ccccc4n3Cc3cc(C)ccc3C)C2)c1. The second-order valence-electron chi connectivity index (χ2n) is 9.61. The molecule has 5 rings (SSSR count). The molecule has 1 atom stereocenters. The van der Waals surface area contributed by atoms with Crippen LogP contribution in [-0.2, 0) is 30.7 Å². The highest BCUT2D eigenvalue weighted by atomic mass is 16.1. The number of rotatable bonds is 5. The van der Waals surface area contributed by atoms with Crippen LogP contribution < -0.4 is 5.32 Å². The fourth-order valence-corrected chi connectivity index (χ4v) is 5.30. The molecule has 0 bridgehead atoms. The molecule has 0 saturated heterocycles. The largest absolute Gasteiger partial charge is 0.352 e. The topological polar surface area (TPSA) is 34.0 Å². The number of aryl methyl sites for hydroxylation is 3. The Morgan fingerprint density at radius 3 is 2.64 bits per heavy atom. The van der Waals surface area contributed by atoms with Crippen molar-refractivity contribution in [1.82, 2.24) is 9.88 Å². The van der Waals surface area contributed by atoms with Crippen molar-refractivity contribution in [3.8, 4) is 0 Å². The second-order valence-corrected chi connectivity index (χ2v) is 9.61. The average molecular weight is 437 g/mol. The predicted molar refractivity (Wildman–Crippen MR) is 135 cm³/mol. The molecule has 1 heterocycles. The standard InChI is InChI=1S/C30H32N2O/c1-20-7-6-8-23(15-20)18-31-30(33)24-13-14-29-27(17-24)26-9-4-5-10-28(26)32(29)19-25-16-21(2)11-12-22(25)3/h4-12,15-16,24H,13-14,17-19H2,1-3H3,(H,31,33). The molecule has 0 spiro atoms. The summed E-state index contributed by atoms with van der Waals surface area (Å²) in [6.45, 7) is 7.92. The molecule has 168 valence electrons. The normalized spacial score (nSPS) is 15.4. The number of fused-ring (bicyclic) bond motifs is 3. The molecule has 1 aromatic heterocycles. The molecule has 3 nitrogen and oxygen atoms in total. The Morgan fingerprint density at radius 1 is 0.970 bits per heavy atom. The van der Waals surface area contributed by atoms with Crippen molar-refractivity contribution < 1.29 is 4.79 Å². The van der Waals surface area contributed by atoms with Gasteiger partial charge in [-0.3, -0.25) is 4.79 Å². The van der Waals surface area contributed by atoms with Gasteiger partial charge in [-0.2, -0.15) is 0 Å². The van der Waals surface area contributed by atoms with Gasteiger partial charge in [0.1, 0.15) is 0 Å². The number of nitrogens with one attached hydrogen (secondary N) is 1. The van der Waals surface area contributed by atoms with E-state index in [1.807, 2.05) is 0 Å². The third-order valence-electron chi connectivity index (χ3n) is 7.13. The smallest absolute Gasteiger partial charge is 0.223 e. The highest BCUT2D eigenvalue weighted by Crippen LogP contribution is 2.35. The van der Waals surface area contributed by atoms with Crippen LogP contribution in [0.5, 0.6) is 0 Å². The number of hydrogen-bond donors (Lipinski definition) is 1. The molecular weight excluding hydrogens is 404 g/mol. The van der Waals surface area contributed by atoms with E-state index in [0.29, 0.717) is 6.54 Å². The molecule has 1 N–H and O–H groups in total. The van der Waals surface area contributed by atoms with Gasteiger partial charge in [0.25, 0.3) is 0 Å². The molecule has 1 unspecified atom stereocenters. The van der Waals surface area contributed by atoms with Crippen LogP contribution in [0.15, 0.2) is 66.7 Å². The summed E-state index contributed by atoms with van der Waals surface area (Å²) in [6, 6.07) is 23.8. The molecule has 0 fully saturated rings. The van der Waals surface area contributed by atoms with Gasteiger partial charge in [-0.15, -0.1) is 0 Å². The number of benzene rings is 3. The van der Waals surface area contributed by atoms with Gasteiger partial charge in [0, 0.05) is 35.6 Å². The van der Waals surface area contributed by atoms with Crippen LogP contribution in [0, 0.1) is 26.7 Å². The number of hydrogen-bond acceptors (Lipinski definition) is 1. The fourth-order valence-electron chi connectivity index (χ4n) is 5.30. The average Bonchev–Trinajstić information content (AvgIpc) is 3.13. The van der Waals surface area contributed by atoms with Crippen LogP contribution in [0.4, 0.5) is 0 Å². The lowest BCUT2D eigenvalue weighted by atomic mass is 9.85. The van der Waals surface area contributed by atoms with Gasteiger partial charge in [-0.25, -0.2) is 0 Å². The van der Waals surface area contributed by atoms with Crippen LogP contribution >= 0.6 is 0 Å². The van der Waals surface area contributed by atoms with Crippen molar-refractivity contribution in [2.75, 3.05) is 0 Å². The quantitative estimate of drug-likeness (QED) is 0.407. The molecule has 0 aliphatic heterocycles. The summed E-state index contributed by atoms with van der Waals surface area (Å²) in [5.41, 5.74) is 10.4. The Kier molecular flexibility index (Phi) is 5.80. The molecule has 33 heavy (non-hydrogen) atoms. The molecular formula is C30H32N2O. The third-order valence-corrected chi connectivity index (χ3v) is 7.13. The maximum absolute atomic E-state index is 13.1. The van der Waals surface area contributed by atoms with Crippen LogP contribution in [-0.4, -0.2) is 10.5 Å². The van der Waals surface area contributed by atoms with Gasteiger partial charge in [-0.1, -0.05) is 71.8 Å². The summed E-state index contributed by atoms with van der Waals surface area (Å²) in [5.74, 6) is 0.204. The lowest BCUT2D eigenvalue weighted by Crippen LogP contribution is -2.34. The summed E-state index contributed by atoms with van der Waals surface area (Å²) >= 11 is 0. The first-order valence-corrected chi connectivity index (χ1v) is 12.0. The Hall–Kier alpha value is -3.33. The first-order chi connectivity index (χ1) is 16.0. The van der Waals surface area contributed by atoms with Crippen molar-refractivity contribution in [3.05, 3.63) is 106 Å². The van der Waals surface area contributed by atoms with Gasteiger partial charge in [-0.05, 0) is 68.4 Å². The zero-order chi connectivity index (χ0) is 22.9. The summed E-state index contributed by atoms with van der Waals surface area (Å²) in [7, 11) is 0. The Bertz CT molecular complexity index is 1330. The van der Waals surface area contributed by atoms with Crippen LogP contribution in [0.1, 0.15) is 45.5 Å². The molecule has 0 saturated carbocycles. The first-order valence-electron chi connectivity index (χ1n) is 12.0. The number of nitrogens with zero attached hydrogens (tertiary/aromatic N) is 1. The van der Waals surface area contributed by atoms with E-state index < -0.39 is 0 Å². The Balaban J connectivity index is 1.40. The summed E-state index contributed by atoms with van der Waals surface area (Å²) in [5, 5.41) is 4.49. The van der Waals surface area contributed by atoms with E-state index in [1.165, 1.54) is 44.4 Å². The van der Waals surface area contributed by atoms with E-state index in [2.05, 4.69) is 97.4 Å². The van der Waals surface area contributed by atoms with Crippen molar-refractivity contribution in [2.45, 2.75) is 53.1 Å². The second kappa shape index (κ2) is 8.90. The van der Waals surface area contributed by atoms with Crippen LogP contribution in [0.2, 0.25) is 0 Å². The minimum absolute atomic E-state index is 0.0299. The zero-order valence-electron chi connectivity index (χ0n) is 19.8. The number of amides is 1. The fraction of sp³-hybridized carbons (Fsp3) is 0.300. The van der Waals surface area contributed by atoms with Crippen molar-refractivity contribution >= 4 is 16.8 Å². The monoisotopic (exact) mass is 436 g/mol. The zero-order valence-corrected chi connectivity index (χ0v) is 19.8.